The summed E-state index contributed by atoms with van der Waals surface area (Å²) >= 11 is 0. The van der Waals surface area contributed by atoms with Gasteiger partial charge in [-0.2, -0.15) is 0 Å². The van der Waals surface area contributed by atoms with Crippen LogP contribution >= 0.6 is 0 Å². The zero-order valence-corrected chi connectivity index (χ0v) is 12.5. The van der Waals surface area contributed by atoms with E-state index in [4.69, 9.17) is 5.73 Å². The predicted molar refractivity (Wildman–Crippen MR) is 80.1 cm³/mol. The highest BCUT2D eigenvalue weighted by Crippen LogP contribution is 2.30. The molecule has 0 aliphatic heterocycles. The summed E-state index contributed by atoms with van der Waals surface area (Å²) in [6, 6.07) is 2.35. The van der Waals surface area contributed by atoms with Gasteiger partial charge in [0.2, 0.25) is 0 Å². The van der Waals surface area contributed by atoms with E-state index in [1.165, 1.54) is 19.3 Å². The maximum Gasteiger partial charge on any atom is 0.135 e. The maximum absolute atomic E-state index is 5.87. The molecule has 1 saturated carbocycles. The first-order chi connectivity index (χ1) is 8.95. The fourth-order valence-electron chi connectivity index (χ4n) is 2.89. The molecule has 2 rings (SSSR count). The molecule has 1 aliphatic rings. The van der Waals surface area contributed by atoms with Crippen molar-refractivity contribution in [2.24, 2.45) is 11.8 Å². The minimum Gasteiger partial charge on any atom is -0.384 e. The van der Waals surface area contributed by atoms with Gasteiger partial charge < -0.3 is 11.1 Å². The van der Waals surface area contributed by atoms with E-state index < -0.39 is 0 Å². The van der Waals surface area contributed by atoms with Crippen molar-refractivity contribution in [3.63, 3.8) is 0 Å². The van der Waals surface area contributed by atoms with Crippen molar-refractivity contribution in [1.82, 2.24) is 9.97 Å². The fourth-order valence-corrected chi connectivity index (χ4v) is 2.89. The van der Waals surface area contributed by atoms with Gasteiger partial charge in [-0.1, -0.05) is 27.7 Å². The Morgan fingerprint density at radius 1 is 1.26 bits per heavy atom. The molecule has 3 N–H and O–H groups in total. The summed E-state index contributed by atoms with van der Waals surface area (Å²) in [4.78, 5) is 8.86. The van der Waals surface area contributed by atoms with Crippen LogP contribution in [-0.2, 0) is 0 Å². The SMILES string of the molecule is CC1CCC(Nc2cc(N)nc(C(C)C)n2)C(C)C1. The molecule has 1 aliphatic carbocycles. The lowest BCUT2D eigenvalue weighted by atomic mass is 9.80. The van der Waals surface area contributed by atoms with Gasteiger partial charge >= 0.3 is 0 Å². The third kappa shape index (κ3) is 3.58. The normalized spacial score (nSPS) is 27.5. The maximum atomic E-state index is 5.87. The van der Waals surface area contributed by atoms with Crippen molar-refractivity contribution in [3.8, 4) is 0 Å². The number of anilines is 2. The molecule has 0 aromatic carbocycles. The van der Waals surface area contributed by atoms with Gasteiger partial charge in [-0.15, -0.1) is 0 Å². The zero-order valence-electron chi connectivity index (χ0n) is 12.5. The van der Waals surface area contributed by atoms with Gasteiger partial charge in [0.1, 0.15) is 17.5 Å². The highest BCUT2D eigenvalue weighted by atomic mass is 15.1. The lowest BCUT2D eigenvalue weighted by Gasteiger charge is -2.33. The number of rotatable bonds is 3. The van der Waals surface area contributed by atoms with Gasteiger partial charge in [0.15, 0.2) is 0 Å². The minimum atomic E-state index is 0.299. The van der Waals surface area contributed by atoms with Crippen LogP contribution in [0.3, 0.4) is 0 Å². The highest BCUT2D eigenvalue weighted by Gasteiger charge is 2.25. The Kier molecular flexibility index (Phi) is 4.27. The van der Waals surface area contributed by atoms with E-state index in [9.17, 15) is 0 Å². The molecule has 1 heterocycles. The molecule has 4 nitrogen and oxygen atoms in total. The molecule has 0 bridgehead atoms. The van der Waals surface area contributed by atoms with Crippen LogP contribution in [0, 0.1) is 11.8 Å². The first-order valence-electron chi connectivity index (χ1n) is 7.36. The Hall–Kier alpha value is -1.32. The topological polar surface area (TPSA) is 63.8 Å². The Labute approximate surface area is 116 Å². The molecule has 106 valence electrons. The van der Waals surface area contributed by atoms with E-state index in [1.807, 2.05) is 6.07 Å². The van der Waals surface area contributed by atoms with Gasteiger partial charge in [0.05, 0.1) is 0 Å². The molecule has 0 amide bonds. The van der Waals surface area contributed by atoms with Crippen LogP contribution in [0.2, 0.25) is 0 Å². The number of aromatic nitrogens is 2. The molecular formula is C15H26N4. The van der Waals surface area contributed by atoms with E-state index in [-0.39, 0.29) is 0 Å². The van der Waals surface area contributed by atoms with Crippen LogP contribution in [0.15, 0.2) is 6.07 Å². The van der Waals surface area contributed by atoms with Crippen LogP contribution in [0.5, 0.6) is 0 Å². The molecule has 3 unspecified atom stereocenters. The smallest absolute Gasteiger partial charge is 0.135 e. The average Bonchev–Trinajstić information content (AvgIpc) is 2.32. The Morgan fingerprint density at radius 3 is 2.63 bits per heavy atom. The van der Waals surface area contributed by atoms with Crippen molar-refractivity contribution >= 4 is 11.6 Å². The van der Waals surface area contributed by atoms with E-state index in [2.05, 4.69) is 43.0 Å². The Morgan fingerprint density at radius 2 is 2.00 bits per heavy atom. The number of hydrogen-bond donors (Lipinski definition) is 2. The van der Waals surface area contributed by atoms with Gasteiger partial charge in [-0.3, -0.25) is 0 Å². The highest BCUT2D eigenvalue weighted by molar-refractivity contribution is 5.45. The van der Waals surface area contributed by atoms with E-state index in [1.54, 1.807) is 0 Å². The molecule has 4 heteroatoms. The second-order valence-corrected chi connectivity index (χ2v) is 6.34. The fraction of sp³-hybridized carbons (Fsp3) is 0.733. The lowest BCUT2D eigenvalue weighted by Crippen LogP contribution is -2.33. The van der Waals surface area contributed by atoms with Gasteiger partial charge in [0, 0.05) is 18.0 Å². The third-order valence-electron chi connectivity index (χ3n) is 4.04. The van der Waals surface area contributed by atoms with E-state index in [0.29, 0.717) is 23.7 Å². The lowest BCUT2D eigenvalue weighted by molar-refractivity contribution is 0.276. The summed E-state index contributed by atoms with van der Waals surface area (Å²) in [6.45, 7) is 8.83. The monoisotopic (exact) mass is 262 g/mol. The summed E-state index contributed by atoms with van der Waals surface area (Å²) in [5.74, 6) is 4.07. The number of nitrogens with zero attached hydrogens (tertiary/aromatic N) is 2. The van der Waals surface area contributed by atoms with Crippen LogP contribution in [0.1, 0.15) is 58.7 Å². The number of hydrogen-bond acceptors (Lipinski definition) is 4. The van der Waals surface area contributed by atoms with Gasteiger partial charge in [-0.05, 0) is 31.1 Å². The Balaban J connectivity index is 2.10. The van der Waals surface area contributed by atoms with Gasteiger partial charge in [0.25, 0.3) is 0 Å². The first-order valence-corrected chi connectivity index (χ1v) is 7.36. The molecule has 1 fully saturated rings. The van der Waals surface area contributed by atoms with Crippen LogP contribution in [-0.4, -0.2) is 16.0 Å². The number of nitrogens with one attached hydrogen (secondary N) is 1. The summed E-state index contributed by atoms with van der Waals surface area (Å²) in [7, 11) is 0. The molecule has 19 heavy (non-hydrogen) atoms. The summed E-state index contributed by atoms with van der Waals surface area (Å²) in [5, 5.41) is 3.56. The molecule has 0 saturated heterocycles. The standard InChI is InChI=1S/C15H26N4/c1-9(2)15-18-13(16)8-14(19-15)17-12-6-5-10(3)7-11(12)4/h8-12H,5-7H2,1-4H3,(H3,16,17,18,19). The largest absolute Gasteiger partial charge is 0.384 e. The summed E-state index contributed by atoms with van der Waals surface area (Å²) in [5.41, 5.74) is 5.87. The quantitative estimate of drug-likeness (QED) is 0.876. The van der Waals surface area contributed by atoms with Crippen molar-refractivity contribution in [2.45, 2.75) is 58.9 Å². The van der Waals surface area contributed by atoms with E-state index >= 15 is 0 Å². The second kappa shape index (κ2) is 5.76. The van der Waals surface area contributed by atoms with Crippen LogP contribution < -0.4 is 11.1 Å². The van der Waals surface area contributed by atoms with E-state index in [0.717, 1.165) is 17.6 Å². The average molecular weight is 262 g/mol. The summed E-state index contributed by atoms with van der Waals surface area (Å²) < 4.78 is 0. The van der Waals surface area contributed by atoms with Crippen LogP contribution in [0.4, 0.5) is 11.6 Å². The van der Waals surface area contributed by atoms with Crippen molar-refractivity contribution in [1.29, 1.82) is 0 Å². The second-order valence-electron chi connectivity index (χ2n) is 6.34. The molecule has 0 radical (unpaired) electrons. The van der Waals surface area contributed by atoms with Crippen molar-refractivity contribution in [2.75, 3.05) is 11.1 Å². The number of nitrogens with two attached hydrogens (primary N) is 1. The third-order valence-corrected chi connectivity index (χ3v) is 4.04. The first kappa shape index (κ1) is 14.1. The molecule has 1 aromatic rings. The van der Waals surface area contributed by atoms with Crippen molar-refractivity contribution < 1.29 is 0 Å². The number of nitrogen functional groups attached to an aromatic ring is 1. The zero-order chi connectivity index (χ0) is 14.0. The predicted octanol–water partition coefficient (Wildman–Crippen LogP) is 3.42. The molecule has 1 aromatic heterocycles. The molecule has 3 atom stereocenters. The molecular weight excluding hydrogens is 236 g/mol. The molecule has 0 spiro atoms. The summed E-state index contributed by atoms with van der Waals surface area (Å²) in [6.07, 6.45) is 3.79. The minimum absolute atomic E-state index is 0.299. The van der Waals surface area contributed by atoms with Gasteiger partial charge in [-0.25, -0.2) is 9.97 Å². The van der Waals surface area contributed by atoms with Crippen LogP contribution in [0.25, 0.3) is 0 Å². The Bertz CT molecular complexity index is 430. The van der Waals surface area contributed by atoms with Crippen molar-refractivity contribution in [3.05, 3.63) is 11.9 Å².